The number of aryl methyl sites for hydroxylation is 1. The number of hydrogen-bond acceptors (Lipinski definition) is 5. The maximum absolute atomic E-state index is 5.85. The minimum absolute atomic E-state index is 0.533. The molecule has 2 aromatic carbocycles. The highest BCUT2D eigenvalue weighted by Gasteiger charge is 2.08. The summed E-state index contributed by atoms with van der Waals surface area (Å²) in [4.78, 5) is 0. The van der Waals surface area contributed by atoms with Crippen molar-refractivity contribution in [2.24, 2.45) is 0 Å². The fourth-order valence-corrected chi connectivity index (χ4v) is 1.80. The molecule has 0 radical (unpaired) electrons. The average Bonchev–Trinajstić information content (AvgIpc) is 2.47. The van der Waals surface area contributed by atoms with Gasteiger partial charge in [0.1, 0.15) is 11.5 Å². The van der Waals surface area contributed by atoms with Crippen LogP contribution in [0.3, 0.4) is 0 Å². The van der Waals surface area contributed by atoms with E-state index in [-0.39, 0.29) is 0 Å². The highest BCUT2D eigenvalue weighted by atomic mass is 16.5. The van der Waals surface area contributed by atoms with Gasteiger partial charge in [-0.2, -0.15) is 0 Å². The van der Waals surface area contributed by atoms with Crippen molar-refractivity contribution >= 4 is 17.1 Å². The number of benzene rings is 2. The van der Waals surface area contributed by atoms with E-state index in [0.717, 1.165) is 11.4 Å². The van der Waals surface area contributed by atoms with Crippen LogP contribution in [0.25, 0.3) is 0 Å². The lowest BCUT2D eigenvalue weighted by Crippen LogP contribution is -2.10. The topological polar surface area (TPSA) is 68.5 Å². The van der Waals surface area contributed by atoms with Crippen LogP contribution in [0.2, 0.25) is 0 Å². The standard InChI is InChI=1S/C15H19N3O2/c1-10-4-6-11(7-5-10)17-18-13-9-14(19-2)12(16)8-15(13)20-3/h4-9,17-18H,16H2,1-3H3. The minimum Gasteiger partial charge on any atom is -0.495 e. The van der Waals surface area contributed by atoms with Gasteiger partial charge in [-0.05, 0) is 19.1 Å². The predicted octanol–water partition coefficient (Wildman–Crippen LogP) is 3.03. The molecule has 0 unspecified atom stereocenters. The van der Waals surface area contributed by atoms with Gasteiger partial charge in [-0.3, -0.25) is 5.43 Å². The van der Waals surface area contributed by atoms with Crippen LogP contribution in [0.4, 0.5) is 17.1 Å². The van der Waals surface area contributed by atoms with Crippen molar-refractivity contribution in [2.45, 2.75) is 6.92 Å². The molecule has 0 saturated carbocycles. The van der Waals surface area contributed by atoms with Crippen LogP contribution in [0, 0.1) is 6.92 Å². The highest BCUT2D eigenvalue weighted by molar-refractivity contribution is 5.70. The second-order valence-corrected chi connectivity index (χ2v) is 4.41. The normalized spacial score (nSPS) is 9.95. The third-order valence-electron chi connectivity index (χ3n) is 2.94. The van der Waals surface area contributed by atoms with E-state index in [4.69, 9.17) is 15.2 Å². The summed E-state index contributed by atoms with van der Waals surface area (Å²) in [7, 11) is 3.17. The number of hydrogen-bond donors (Lipinski definition) is 3. The van der Waals surface area contributed by atoms with E-state index in [0.29, 0.717) is 17.2 Å². The van der Waals surface area contributed by atoms with Gasteiger partial charge in [0.05, 0.1) is 31.3 Å². The summed E-state index contributed by atoms with van der Waals surface area (Å²) in [5.41, 5.74) is 15.5. The van der Waals surface area contributed by atoms with E-state index in [2.05, 4.69) is 10.9 Å². The number of hydrazine groups is 1. The maximum Gasteiger partial charge on any atom is 0.146 e. The summed E-state index contributed by atoms with van der Waals surface area (Å²) in [6, 6.07) is 11.6. The average molecular weight is 273 g/mol. The zero-order valence-corrected chi connectivity index (χ0v) is 11.9. The fourth-order valence-electron chi connectivity index (χ4n) is 1.80. The number of nitrogens with one attached hydrogen (secondary N) is 2. The summed E-state index contributed by atoms with van der Waals surface area (Å²) < 4.78 is 10.5. The van der Waals surface area contributed by atoms with Gasteiger partial charge in [-0.15, -0.1) is 0 Å². The zero-order chi connectivity index (χ0) is 14.5. The molecule has 5 heteroatoms. The Bertz CT molecular complexity index is 582. The summed E-state index contributed by atoms with van der Waals surface area (Å²) >= 11 is 0. The molecule has 0 atom stereocenters. The van der Waals surface area contributed by atoms with Crippen LogP contribution in [-0.4, -0.2) is 14.2 Å². The molecule has 0 aliphatic heterocycles. The Balaban J connectivity index is 2.17. The molecule has 0 fully saturated rings. The van der Waals surface area contributed by atoms with Gasteiger partial charge in [0.15, 0.2) is 0 Å². The van der Waals surface area contributed by atoms with Crippen molar-refractivity contribution in [2.75, 3.05) is 30.8 Å². The first-order valence-corrected chi connectivity index (χ1v) is 6.24. The monoisotopic (exact) mass is 273 g/mol. The molecule has 4 N–H and O–H groups in total. The lowest BCUT2D eigenvalue weighted by atomic mass is 10.2. The van der Waals surface area contributed by atoms with E-state index in [1.165, 1.54) is 5.56 Å². The van der Waals surface area contributed by atoms with Crippen molar-refractivity contribution in [1.29, 1.82) is 0 Å². The SMILES string of the molecule is COc1cc(NNc2ccc(C)cc2)c(OC)cc1N. The van der Waals surface area contributed by atoms with Crippen LogP contribution in [-0.2, 0) is 0 Å². The fraction of sp³-hybridized carbons (Fsp3) is 0.200. The molecule has 0 aromatic heterocycles. The molecular weight excluding hydrogens is 254 g/mol. The largest absolute Gasteiger partial charge is 0.495 e. The lowest BCUT2D eigenvalue weighted by molar-refractivity contribution is 0.406. The Morgan fingerprint density at radius 2 is 1.55 bits per heavy atom. The molecule has 20 heavy (non-hydrogen) atoms. The van der Waals surface area contributed by atoms with Crippen molar-refractivity contribution < 1.29 is 9.47 Å². The molecule has 106 valence electrons. The van der Waals surface area contributed by atoms with Gasteiger partial charge in [0.25, 0.3) is 0 Å². The van der Waals surface area contributed by atoms with Crippen LogP contribution in [0.5, 0.6) is 11.5 Å². The second kappa shape index (κ2) is 6.06. The Morgan fingerprint density at radius 1 is 0.900 bits per heavy atom. The lowest BCUT2D eigenvalue weighted by Gasteiger charge is -2.15. The van der Waals surface area contributed by atoms with E-state index in [9.17, 15) is 0 Å². The van der Waals surface area contributed by atoms with Crippen molar-refractivity contribution in [3.05, 3.63) is 42.0 Å². The second-order valence-electron chi connectivity index (χ2n) is 4.41. The van der Waals surface area contributed by atoms with Gasteiger partial charge in [0.2, 0.25) is 0 Å². The molecule has 0 heterocycles. The molecule has 0 amide bonds. The minimum atomic E-state index is 0.533. The molecule has 2 rings (SSSR count). The summed E-state index contributed by atoms with van der Waals surface area (Å²) in [6.45, 7) is 2.05. The van der Waals surface area contributed by atoms with Crippen LogP contribution < -0.4 is 26.1 Å². The first-order valence-electron chi connectivity index (χ1n) is 6.24. The maximum atomic E-state index is 5.85. The zero-order valence-electron chi connectivity index (χ0n) is 11.9. The molecule has 0 aliphatic rings. The van der Waals surface area contributed by atoms with Crippen LogP contribution in [0.15, 0.2) is 36.4 Å². The van der Waals surface area contributed by atoms with Crippen molar-refractivity contribution in [3.8, 4) is 11.5 Å². The van der Waals surface area contributed by atoms with Crippen LogP contribution in [0.1, 0.15) is 5.56 Å². The first-order chi connectivity index (χ1) is 9.63. The van der Waals surface area contributed by atoms with E-state index in [1.807, 2.05) is 31.2 Å². The number of nitrogen functional groups attached to an aromatic ring is 1. The molecule has 0 saturated heterocycles. The highest BCUT2D eigenvalue weighted by Crippen LogP contribution is 2.34. The number of methoxy groups -OCH3 is 2. The van der Waals surface area contributed by atoms with Crippen molar-refractivity contribution in [3.63, 3.8) is 0 Å². The number of nitrogens with two attached hydrogens (primary N) is 1. The summed E-state index contributed by atoms with van der Waals surface area (Å²) in [6.07, 6.45) is 0. The molecule has 0 aliphatic carbocycles. The first kappa shape index (κ1) is 13.9. The Morgan fingerprint density at radius 3 is 2.15 bits per heavy atom. The number of ether oxygens (including phenoxy) is 2. The Hall–Kier alpha value is -2.56. The number of rotatable bonds is 5. The van der Waals surface area contributed by atoms with Crippen LogP contribution >= 0.6 is 0 Å². The molecule has 0 spiro atoms. The Kier molecular flexibility index (Phi) is 4.20. The van der Waals surface area contributed by atoms with Gasteiger partial charge >= 0.3 is 0 Å². The third kappa shape index (κ3) is 3.06. The molecule has 5 nitrogen and oxygen atoms in total. The Labute approximate surface area is 118 Å². The quantitative estimate of drug-likeness (QED) is 0.577. The third-order valence-corrected chi connectivity index (χ3v) is 2.94. The molecule has 0 bridgehead atoms. The van der Waals surface area contributed by atoms with E-state index >= 15 is 0 Å². The van der Waals surface area contributed by atoms with Crippen molar-refractivity contribution in [1.82, 2.24) is 0 Å². The van der Waals surface area contributed by atoms with Gasteiger partial charge in [-0.1, -0.05) is 17.7 Å². The smallest absolute Gasteiger partial charge is 0.146 e. The van der Waals surface area contributed by atoms with Gasteiger partial charge in [-0.25, -0.2) is 0 Å². The number of anilines is 3. The summed E-state index contributed by atoms with van der Waals surface area (Å²) in [5.74, 6) is 1.24. The van der Waals surface area contributed by atoms with E-state index < -0.39 is 0 Å². The predicted molar refractivity (Wildman–Crippen MR) is 82.4 cm³/mol. The molecular formula is C15H19N3O2. The van der Waals surface area contributed by atoms with Gasteiger partial charge < -0.3 is 20.6 Å². The van der Waals surface area contributed by atoms with Gasteiger partial charge in [0, 0.05) is 12.1 Å². The molecule has 2 aromatic rings. The van der Waals surface area contributed by atoms with E-state index in [1.54, 1.807) is 26.4 Å². The summed E-state index contributed by atoms with van der Waals surface area (Å²) in [5, 5.41) is 0.